The quantitative estimate of drug-likeness (QED) is 0.235. The lowest BCUT2D eigenvalue weighted by molar-refractivity contribution is -0.128. The van der Waals surface area contributed by atoms with E-state index >= 15 is 0 Å². The molecule has 0 aromatic heterocycles. The van der Waals surface area contributed by atoms with E-state index in [0.717, 1.165) is 61.8 Å². The maximum absolute atomic E-state index is 12.9. The highest BCUT2D eigenvalue weighted by molar-refractivity contribution is 5.96. The molecule has 0 amide bonds. The third-order valence-electron chi connectivity index (χ3n) is 5.46. The van der Waals surface area contributed by atoms with Crippen LogP contribution in [-0.4, -0.2) is 11.8 Å². The van der Waals surface area contributed by atoms with E-state index < -0.39 is 5.79 Å². The van der Waals surface area contributed by atoms with Crippen molar-refractivity contribution in [2.45, 2.75) is 84.3 Å². The molecule has 4 nitrogen and oxygen atoms in total. The molecule has 1 aromatic carbocycles. The van der Waals surface area contributed by atoms with Crippen LogP contribution in [0.3, 0.4) is 0 Å². The summed E-state index contributed by atoms with van der Waals surface area (Å²) in [5, 5.41) is 0. The van der Waals surface area contributed by atoms with Gasteiger partial charge in [0, 0.05) is 25.3 Å². The number of fused-ring (bicyclic) bond motifs is 1. The van der Waals surface area contributed by atoms with Crippen LogP contribution in [0.2, 0.25) is 0 Å². The van der Waals surface area contributed by atoms with Gasteiger partial charge in [0.15, 0.2) is 0 Å². The van der Waals surface area contributed by atoms with E-state index in [9.17, 15) is 4.79 Å². The Balaban J connectivity index is 2.19. The van der Waals surface area contributed by atoms with Gasteiger partial charge in [0.05, 0.1) is 6.26 Å². The average molecular weight is 385 g/mol. The summed E-state index contributed by atoms with van der Waals surface area (Å²) in [4.78, 5) is 12.9. The number of ether oxygens (including phenoxy) is 3. The van der Waals surface area contributed by atoms with Crippen LogP contribution in [0, 0.1) is 0 Å². The van der Waals surface area contributed by atoms with E-state index in [1.165, 1.54) is 11.8 Å². The number of allylic oxidation sites excluding steroid dienone is 2. The molecule has 1 atom stereocenters. The molecule has 1 aromatic rings. The van der Waals surface area contributed by atoms with Gasteiger partial charge in [-0.2, -0.15) is 0 Å². The lowest BCUT2D eigenvalue weighted by Gasteiger charge is -2.36. The summed E-state index contributed by atoms with van der Waals surface area (Å²) in [7, 11) is 0. The number of cyclic esters (lactones) is 1. The molecule has 3 rings (SSSR count). The third kappa shape index (κ3) is 4.26. The summed E-state index contributed by atoms with van der Waals surface area (Å²) in [5.74, 6) is 0.217. The fourth-order valence-corrected chi connectivity index (χ4v) is 4.21. The first kappa shape index (κ1) is 20.5. The number of hydrogen-bond acceptors (Lipinski definition) is 4. The Morgan fingerprint density at radius 2 is 2.11 bits per heavy atom. The lowest BCUT2D eigenvalue weighted by Crippen LogP contribution is -2.40. The predicted molar refractivity (Wildman–Crippen MR) is 111 cm³/mol. The molecule has 4 heteroatoms. The predicted octanol–water partition coefficient (Wildman–Crippen LogP) is 6.44. The first-order chi connectivity index (χ1) is 13.4. The van der Waals surface area contributed by atoms with Gasteiger partial charge in [-0.05, 0) is 50.7 Å². The summed E-state index contributed by atoms with van der Waals surface area (Å²) in [6.07, 6.45) is 11.0. The molecule has 0 unspecified atom stereocenters. The highest BCUT2D eigenvalue weighted by Gasteiger charge is 2.39. The van der Waals surface area contributed by atoms with Crippen LogP contribution in [0.25, 0.3) is 0 Å². The van der Waals surface area contributed by atoms with Crippen molar-refractivity contribution >= 4 is 5.97 Å². The van der Waals surface area contributed by atoms with Gasteiger partial charge in [0.2, 0.25) is 5.79 Å². The smallest absolute Gasteiger partial charge is 0.345 e. The lowest BCUT2D eigenvalue weighted by atomic mass is 9.82. The Morgan fingerprint density at radius 3 is 2.79 bits per heavy atom. The second-order valence-corrected chi connectivity index (χ2v) is 8.30. The summed E-state index contributed by atoms with van der Waals surface area (Å²) in [6.45, 7) is 11.6. The molecule has 0 fully saturated rings. The maximum atomic E-state index is 12.9. The summed E-state index contributed by atoms with van der Waals surface area (Å²) < 4.78 is 17.7. The zero-order chi connectivity index (χ0) is 20.3. The van der Waals surface area contributed by atoms with E-state index in [-0.39, 0.29) is 11.9 Å². The van der Waals surface area contributed by atoms with Crippen molar-refractivity contribution in [2.75, 3.05) is 0 Å². The number of benzene rings is 1. The summed E-state index contributed by atoms with van der Waals surface area (Å²) >= 11 is 0. The molecular formula is C24H32O4. The van der Waals surface area contributed by atoms with Crippen molar-refractivity contribution in [2.24, 2.45) is 0 Å². The Kier molecular flexibility index (Phi) is 6.17. The standard InChI is InChI=1S/C24H32O4/c1-6-8-9-12-18-15-19(26-7-2)20(17-13-10-11-16(3)14-17)22-21(18)23(25)28-24(4,5)27-22/h7,14-15,17H,2,6,8-13H2,1,3-5H3/t17-/m0/s1. The van der Waals surface area contributed by atoms with Crippen LogP contribution < -0.4 is 9.47 Å². The maximum Gasteiger partial charge on any atom is 0.345 e. The number of carbonyl (C=O) groups is 1. The highest BCUT2D eigenvalue weighted by atomic mass is 16.7. The molecule has 0 bridgehead atoms. The summed E-state index contributed by atoms with van der Waals surface area (Å²) in [6, 6.07) is 1.99. The molecule has 0 radical (unpaired) electrons. The van der Waals surface area contributed by atoms with Gasteiger partial charge >= 0.3 is 5.97 Å². The second-order valence-electron chi connectivity index (χ2n) is 8.30. The number of unbranched alkanes of at least 4 members (excludes halogenated alkanes) is 2. The van der Waals surface area contributed by atoms with E-state index in [1.54, 1.807) is 13.8 Å². The fraction of sp³-hybridized carbons (Fsp3) is 0.542. The molecular weight excluding hydrogens is 352 g/mol. The van der Waals surface area contributed by atoms with Gasteiger partial charge in [-0.1, -0.05) is 38.0 Å². The van der Waals surface area contributed by atoms with Gasteiger partial charge in [0.25, 0.3) is 0 Å². The van der Waals surface area contributed by atoms with Crippen molar-refractivity contribution in [3.63, 3.8) is 0 Å². The molecule has 0 saturated heterocycles. The zero-order valence-corrected chi connectivity index (χ0v) is 17.6. The largest absolute Gasteiger partial charge is 0.465 e. The highest BCUT2D eigenvalue weighted by Crippen LogP contribution is 2.48. The third-order valence-corrected chi connectivity index (χ3v) is 5.46. The van der Waals surface area contributed by atoms with Gasteiger partial charge in [0.1, 0.15) is 17.1 Å². The molecule has 1 aliphatic heterocycles. The average Bonchev–Trinajstić information content (AvgIpc) is 2.60. The van der Waals surface area contributed by atoms with E-state index in [4.69, 9.17) is 14.2 Å². The number of aryl methyl sites for hydroxylation is 1. The van der Waals surface area contributed by atoms with Gasteiger partial charge < -0.3 is 14.2 Å². The number of esters is 1. The first-order valence-electron chi connectivity index (χ1n) is 10.4. The molecule has 152 valence electrons. The first-order valence-corrected chi connectivity index (χ1v) is 10.4. The van der Waals surface area contributed by atoms with E-state index in [0.29, 0.717) is 11.3 Å². The fourth-order valence-electron chi connectivity index (χ4n) is 4.21. The second kappa shape index (κ2) is 8.42. The van der Waals surface area contributed by atoms with E-state index in [2.05, 4.69) is 26.5 Å². The minimum atomic E-state index is -1.00. The molecule has 0 spiro atoms. The van der Waals surface area contributed by atoms with Crippen molar-refractivity contribution in [1.82, 2.24) is 0 Å². The van der Waals surface area contributed by atoms with Gasteiger partial charge in [-0.15, -0.1) is 0 Å². The topological polar surface area (TPSA) is 44.8 Å². The van der Waals surface area contributed by atoms with Gasteiger partial charge in [-0.3, -0.25) is 0 Å². The molecule has 1 aliphatic carbocycles. The zero-order valence-electron chi connectivity index (χ0n) is 17.6. The Labute approximate surface area is 168 Å². The Bertz CT molecular complexity index is 788. The molecule has 0 N–H and O–H groups in total. The Hall–Kier alpha value is -2.23. The van der Waals surface area contributed by atoms with Crippen molar-refractivity contribution in [3.8, 4) is 11.5 Å². The number of hydrogen-bond donors (Lipinski definition) is 0. The van der Waals surface area contributed by atoms with Crippen molar-refractivity contribution in [3.05, 3.63) is 47.2 Å². The van der Waals surface area contributed by atoms with Gasteiger partial charge in [-0.25, -0.2) is 4.79 Å². The van der Waals surface area contributed by atoms with Crippen molar-refractivity contribution in [1.29, 1.82) is 0 Å². The summed E-state index contributed by atoms with van der Waals surface area (Å²) in [5.41, 5.74) is 3.80. The monoisotopic (exact) mass is 384 g/mol. The SMILES string of the molecule is C=COc1cc(CCCCC)c2c(c1[C@@H]1C=C(C)CCC1)OC(C)(C)OC2=O. The van der Waals surface area contributed by atoms with Crippen molar-refractivity contribution < 1.29 is 19.0 Å². The number of carbonyl (C=O) groups excluding carboxylic acids is 1. The normalized spacial score (nSPS) is 20.5. The minimum Gasteiger partial charge on any atom is -0.465 e. The van der Waals surface area contributed by atoms with E-state index in [1.807, 2.05) is 6.07 Å². The molecule has 0 saturated carbocycles. The van der Waals surface area contributed by atoms with Crippen LogP contribution in [0.4, 0.5) is 0 Å². The van der Waals surface area contributed by atoms with Crippen LogP contribution in [0.5, 0.6) is 11.5 Å². The minimum absolute atomic E-state index is 0.156. The number of rotatable bonds is 7. The molecule has 28 heavy (non-hydrogen) atoms. The molecule has 2 aliphatic rings. The van der Waals surface area contributed by atoms with Crippen LogP contribution in [-0.2, 0) is 11.2 Å². The van der Waals surface area contributed by atoms with Crippen LogP contribution >= 0.6 is 0 Å². The van der Waals surface area contributed by atoms with Crippen LogP contribution in [0.1, 0.15) is 93.6 Å². The molecule has 1 heterocycles. The Morgan fingerprint density at radius 1 is 1.32 bits per heavy atom. The van der Waals surface area contributed by atoms with Crippen LogP contribution in [0.15, 0.2) is 30.6 Å².